The topological polar surface area (TPSA) is 67.0 Å². The van der Waals surface area contributed by atoms with E-state index in [0.29, 0.717) is 5.69 Å². The maximum Gasteiger partial charge on any atom is 0.354 e. The maximum absolute atomic E-state index is 10.7. The molecular formula is C8H6N3O. The molecule has 0 spiro atoms. The quantitative estimate of drug-likeness (QED) is 0.494. The number of rotatable bonds is 1. The average Bonchev–Trinajstić information content (AvgIpc) is 2.06. The number of urea groups is 1. The van der Waals surface area contributed by atoms with Crippen LogP contribution in [0.4, 0.5) is 10.5 Å². The Kier molecular flexibility index (Phi) is 2.68. The van der Waals surface area contributed by atoms with Crippen LogP contribution >= 0.6 is 0 Å². The minimum absolute atomic E-state index is 0.533. The summed E-state index contributed by atoms with van der Waals surface area (Å²) < 4.78 is 0. The van der Waals surface area contributed by atoms with Gasteiger partial charge in [0.25, 0.3) is 0 Å². The van der Waals surface area contributed by atoms with Crippen molar-refractivity contribution >= 4 is 11.7 Å². The maximum atomic E-state index is 10.7. The molecule has 0 saturated carbocycles. The van der Waals surface area contributed by atoms with E-state index in [1.165, 1.54) is 6.19 Å². The number of carbonyl (C=O) groups excluding carboxylic acids is 1. The summed E-state index contributed by atoms with van der Waals surface area (Å²) in [6.45, 7) is 0. The van der Waals surface area contributed by atoms with Crippen LogP contribution in [0.25, 0.3) is 0 Å². The first-order valence-electron chi connectivity index (χ1n) is 3.29. The van der Waals surface area contributed by atoms with E-state index in [9.17, 15) is 4.79 Å². The Balaban J connectivity index is 2.54. The van der Waals surface area contributed by atoms with Gasteiger partial charge in [0.05, 0.1) is 5.69 Å². The molecule has 4 nitrogen and oxygen atoms in total. The predicted octanol–water partition coefficient (Wildman–Crippen LogP) is 1.11. The van der Waals surface area contributed by atoms with E-state index in [0.717, 1.165) is 0 Å². The molecular weight excluding hydrogens is 154 g/mol. The molecule has 0 saturated heterocycles. The van der Waals surface area contributed by atoms with Crippen LogP contribution in [0.2, 0.25) is 0 Å². The van der Waals surface area contributed by atoms with Crippen LogP contribution in [0.5, 0.6) is 0 Å². The van der Waals surface area contributed by atoms with Crippen molar-refractivity contribution in [3.63, 3.8) is 0 Å². The molecule has 1 rings (SSSR count). The van der Waals surface area contributed by atoms with E-state index in [-0.39, 0.29) is 0 Å². The van der Waals surface area contributed by atoms with E-state index in [2.05, 4.69) is 5.32 Å². The van der Waals surface area contributed by atoms with Gasteiger partial charge in [0.15, 0.2) is 6.19 Å². The molecule has 0 aliphatic rings. The summed E-state index contributed by atoms with van der Waals surface area (Å²) in [5, 5.41) is 13.5. The Morgan fingerprint density at radius 2 is 2.08 bits per heavy atom. The lowest BCUT2D eigenvalue weighted by Crippen LogP contribution is -2.23. The number of para-hydroxylation sites is 1. The molecule has 1 radical (unpaired) electrons. The molecule has 59 valence electrons. The second-order valence-corrected chi connectivity index (χ2v) is 1.99. The minimum Gasteiger partial charge on any atom is -0.245 e. The van der Waals surface area contributed by atoms with Crippen molar-refractivity contribution in [2.75, 3.05) is 0 Å². The lowest BCUT2D eigenvalue weighted by atomic mass is 10.3. The van der Waals surface area contributed by atoms with Crippen LogP contribution in [-0.2, 0) is 0 Å². The van der Waals surface area contributed by atoms with E-state index in [4.69, 9.17) is 5.26 Å². The van der Waals surface area contributed by atoms with E-state index in [1.54, 1.807) is 24.3 Å². The van der Waals surface area contributed by atoms with Crippen LogP contribution in [0.1, 0.15) is 0 Å². The molecule has 0 aliphatic heterocycles. The number of hydrogen-bond donors (Lipinski definition) is 1. The number of carbonyl (C=O) groups is 1. The first kappa shape index (κ1) is 8.08. The van der Waals surface area contributed by atoms with Gasteiger partial charge in [-0.15, -0.1) is 0 Å². The molecule has 1 aromatic carbocycles. The van der Waals surface area contributed by atoms with Gasteiger partial charge in [0, 0.05) is 0 Å². The molecule has 1 aromatic rings. The molecule has 0 atom stereocenters. The normalized spacial score (nSPS) is 8.25. The number of hydrogen-bond acceptors (Lipinski definition) is 2. The second kappa shape index (κ2) is 3.98. The van der Waals surface area contributed by atoms with Crippen molar-refractivity contribution in [3.8, 4) is 6.19 Å². The Hall–Kier alpha value is -2.02. The molecule has 4 heteroatoms. The van der Waals surface area contributed by atoms with E-state index in [1.807, 2.05) is 11.4 Å². The van der Waals surface area contributed by atoms with Crippen LogP contribution in [0.15, 0.2) is 30.3 Å². The van der Waals surface area contributed by atoms with Crippen molar-refractivity contribution < 1.29 is 4.79 Å². The van der Waals surface area contributed by atoms with Crippen LogP contribution in [0.3, 0.4) is 0 Å². The highest BCUT2D eigenvalue weighted by Crippen LogP contribution is 2.03. The summed E-state index contributed by atoms with van der Waals surface area (Å²) in [7, 11) is 0. The lowest BCUT2D eigenvalue weighted by molar-refractivity contribution is 0.247. The predicted molar refractivity (Wildman–Crippen MR) is 42.4 cm³/mol. The highest BCUT2D eigenvalue weighted by molar-refractivity contribution is 5.79. The fourth-order valence-electron chi connectivity index (χ4n) is 0.696. The molecule has 0 unspecified atom stereocenters. The molecule has 1 N–H and O–H groups in total. The monoisotopic (exact) mass is 160 g/mol. The number of nitrogens with one attached hydrogen (secondary N) is 1. The summed E-state index contributed by atoms with van der Waals surface area (Å²) in [6, 6.07) is 8.05. The number of nitrogens with zero attached hydrogens (tertiary/aromatic N) is 2. The van der Waals surface area contributed by atoms with Gasteiger partial charge < -0.3 is 0 Å². The molecule has 0 heterocycles. The Labute approximate surface area is 69.8 Å². The van der Waals surface area contributed by atoms with Gasteiger partial charge in [0.2, 0.25) is 0 Å². The zero-order chi connectivity index (χ0) is 8.81. The standard InChI is InChI=1S/C8H6N3O/c9-6-10-8(12)11-7-4-2-1-3-5-7/h1-5H,(H,10,12). The lowest BCUT2D eigenvalue weighted by Gasteiger charge is -1.96. The van der Waals surface area contributed by atoms with Crippen molar-refractivity contribution in [1.82, 2.24) is 10.6 Å². The average molecular weight is 160 g/mol. The summed E-state index contributed by atoms with van der Waals surface area (Å²) in [4.78, 5) is 10.7. The van der Waals surface area contributed by atoms with Crippen molar-refractivity contribution in [1.29, 1.82) is 5.26 Å². The van der Waals surface area contributed by atoms with Crippen molar-refractivity contribution in [3.05, 3.63) is 30.3 Å². The highest BCUT2D eigenvalue weighted by Gasteiger charge is 2.00. The summed E-state index contributed by atoms with van der Waals surface area (Å²) in [5.41, 5.74) is 0.533. The molecule has 0 aliphatic carbocycles. The third-order valence-electron chi connectivity index (χ3n) is 1.15. The van der Waals surface area contributed by atoms with Gasteiger partial charge in [-0.2, -0.15) is 10.6 Å². The van der Waals surface area contributed by atoms with Crippen molar-refractivity contribution in [2.45, 2.75) is 0 Å². The van der Waals surface area contributed by atoms with E-state index >= 15 is 0 Å². The Morgan fingerprint density at radius 3 is 2.67 bits per heavy atom. The molecule has 0 fully saturated rings. The van der Waals surface area contributed by atoms with Crippen LogP contribution in [-0.4, -0.2) is 6.03 Å². The van der Waals surface area contributed by atoms with Gasteiger partial charge in [-0.25, -0.2) is 10.1 Å². The number of nitriles is 1. The molecule has 0 aromatic heterocycles. The fraction of sp³-hybridized carbons (Fsp3) is 0. The molecule has 2 amide bonds. The van der Waals surface area contributed by atoms with Crippen LogP contribution < -0.4 is 10.6 Å². The highest BCUT2D eigenvalue weighted by atomic mass is 16.2. The SMILES string of the molecule is N#CNC(=O)[N]c1ccccc1. The van der Waals surface area contributed by atoms with Gasteiger partial charge >= 0.3 is 6.03 Å². The summed E-state index contributed by atoms with van der Waals surface area (Å²) in [6.07, 6.45) is 1.49. The van der Waals surface area contributed by atoms with Gasteiger partial charge in [-0.05, 0) is 12.1 Å². The van der Waals surface area contributed by atoms with E-state index < -0.39 is 6.03 Å². The number of amides is 2. The minimum atomic E-state index is -0.649. The van der Waals surface area contributed by atoms with Gasteiger partial charge in [-0.3, -0.25) is 0 Å². The summed E-state index contributed by atoms with van der Waals surface area (Å²) in [5.74, 6) is 0. The zero-order valence-corrected chi connectivity index (χ0v) is 6.19. The zero-order valence-electron chi connectivity index (χ0n) is 6.19. The smallest absolute Gasteiger partial charge is 0.245 e. The molecule has 12 heavy (non-hydrogen) atoms. The van der Waals surface area contributed by atoms with Crippen LogP contribution in [0, 0.1) is 11.5 Å². The number of benzene rings is 1. The Bertz CT molecular complexity index is 302. The third kappa shape index (κ3) is 2.31. The first-order chi connectivity index (χ1) is 5.83. The summed E-state index contributed by atoms with van der Waals surface area (Å²) >= 11 is 0. The second-order valence-electron chi connectivity index (χ2n) is 1.99. The fourth-order valence-corrected chi connectivity index (χ4v) is 0.696. The largest absolute Gasteiger partial charge is 0.354 e. The third-order valence-corrected chi connectivity index (χ3v) is 1.15. The van der Waals surface area contributed by atoms with Crippen molar-refractivity contribution in [2.24, 2.45) is 0 Å². The van der Waals surface area contributed by atoms with Gasteiger partial charge in [-0.1, -0.05) is 18.2 Å². The van der Waals surface area contributed by atoms with Gasteiger partial charge in [0.1, 0.15) is 0 Å². The first-order valence-corrected chi connectivity index (χ1v) is 3.29. The Morgan fingerprint density at radius 1 is 1.42 bits per heavy atom. The molecule has 0 bridgehead atoms.